The number of hydrogen-bond donors (Lipinski definition) is 1. The van der Waals surface area contributed by atoms with Crippen LogP contribution in [0.25, 0.3) is 10.8 Å². The van der Waals surface area contributed by atoms with E-state index in [4.69, 9.17) is 4.98 Å². The molecule has 0 saturated carbocycles. The van der Waals surface area contributed by atoms with Crippen molar-refractivity contribution < 1.29 is 4.79 Å². The largest absolute Gasteiger partial charge is 0.353 e. The van der Waals surface area contributed by atoms with Crippen molar-refractivity contribution in [2.75, 3.05) is 36.4 Å². The van der Waals surface area contributed by atoms with Gasteiger partial charge >= 0.3 is 6.03 Å². The van der Waals surface area contributed by atoms with Gasteiger partial charge in [-0.1, -0.05) is 66.2 Å². The maximum atomic E-state index is 13.1. The first-order valence-electron chi connectivity index (χ1n) is 12.2. The summed E-state index contributed by atoms with van der Waals surface area (Å²) in [5.74, 6) is 1.77. The van der Waals surface area contributed by atoms with E-state index in [0.717, 1.165) is 58.9 Å². The van der Waals surface area contributed by atoms with Gasteiger partial charge in [0.25, 0.3) is 0 Å². The lowest BCUT2D eigenvalue weighted by atomic mass is 10.0. The van der Waals surface area contributed by atoms with Crippen LogP contribution in [0, 0.1) is 20.8 Å². The first-order valence-corrected chi connectivity index (χ1v) is 12.2. The minimum absolute atomic E-state index is 0.0592. The summed E-state index contributed by atoms with van der Waals surface area (Å²) in [6, 6.07) is 22.6. The lowest BCUT2D eigenvalue weighted by Crippen LogP contribution is -2.50. The zero-order valence-electron chi connectivity index (χ0n) is 20.6. The number of amides is 2. The lowest BCUT2D eigenvalue weighted by molar-refractivity contribution is 0.208. The number of aromatic nitrogens is 2. The van der Waals surface area contributed by atoms with Gasteiger partial charge < -0.3 is 15.1 Å². The van der Waals surface area contributed by atoms with E-state index in [1.165, 1.54) is 11.1 Å². The fourth-order valence-corrected chi connectivity index (χ4v) is 4.86. The maximum absolute atomic E-state index is 13.1. The number of piperazine rings is 1. The summed E-state index contributed by atoms with van der Waals surface area (Å²) in [6.45, 7) is 8.88. The van der Waals surface area contributed by atoms with E-state index in [-0.39, 0.29) is 6.03 Å². The van der Waals surface area contributed by atoms with Crippen molar-refractivity contribution >= 4 is 28.3 Å². The van der Waals surface area contributed by atoms with Gasteiger partial charge in [0.1, 0.15) is 11.6 Å². The summed E-state index contributed by atoms with van der Waals surface area (Å²) < 4.78 is 0. The van der Waals surface area contributed by atoms with Crippen LogP contribution in [0.5, 0.6) is 0 Å². The molecule has 2 heterocycles. The molecular weight excluding hydrogens is 434 g/mol. The van der Waals surface area contributed by atoms with E-state index in [1.54, 1.807) is 0 Å². The molecule has 35 heavy (non-hydrogen) atoms. The van der Waals surface area contributed by atoms with Crippen LogP contribution in [-0.4, -0.2) is 47.1 Å². The van der Waals surface area contributed by atoms with Crippen LogP contribution in [0.15, 0.2) is 66.7 Å². The standard InChI is InChI=1S/C29H31N5O/c1-20-8-6-9-23(18-20)19-26-21(2)30-22(3)31-28(26)33-14-16-34(17-15-33)29(35)32-27-13-7-11-24-10-4-5-12-25(24)27/h4-13,18H,14-17,19H2,1-3H3,(H,32,35). The number of carbonyl (C=O) groups excluding carboxylic acids is 1. The number of urea groups is 1. The summed E-state index contributed by atoms with van der Waals surface area (Å²) in [4.78, 5) is 26.8. The third-order valence-corrected chi connectivity index (χ3v) is 6.66. The quantitative estimate of drug-likeness (QED) is 0.432. The summed E-state index contributed by atoms with van der Waals surface area (Å²) in [7, 11) is 0. The molecule has 1 saturated heterocycles. The van der Waals surface area contributed by atoms with E-state index in [2.05, 4.69) is 65.4 Å². The molecule has 6 heteroatoms. The van der Waals surface area contributed by atoms with Crippen molar-refractivity contribution in [1.82, 2.24) is 14.9 Å². The predicted octanol–water partition coefficient (Wildman–Crippen LogP) is 5.50. The van der Waals surface area contributed by atoms with Gasteiger partial charge in [0.15, 0.2) is 0 Å². The third-order valence-electron chi connectivity index (χ3n) is 6.66. The molecule has 2 amide bonds. The molecule has 0 aliphatic carbocycles. The molecular formula is C29H31N5O. The van der Waals surface area contributed by atoms with Crippen LogP contribution >= 0.6 is 0 Å². The van der Waals surface area contributed by atoms with Crippen LogP contribution in [0.1, 0.15) is 28.2 Å². The molecule has 0 radical (unpaired) electrons. The zero-order valence-corrected chi connectivity index (χ0v) is 20.6. The van der Waals surface area contributed by atoms with Gasteiger partial charge in [-0.2, -0.15) is 0 Å². The fraction of sp³-hybridized carbons (Fsp3) is 0.276. The number of fused-ring (bicyclic) bond motifs is 1. The highest BCUT2D eigenvalue weighted by Gasteiger charge is 2.25. The molecule has 6 nitrogen and oxygen atoms in total. The Bertz CT molecular complexity index is 1370. The molecule has 1 N–H and O–H groups in total. The smallest absolute Gasteiger partial charge is 0.321 e. The van der Waals surface area contributed by atoms with Crippen molar-refractivity contribution in [1.29, 1.82) is 0 Å². The monoisotopic (exact) mass is 465 g/mol. The van der Waals surface area contributed by atoms with Crippen molar-refractivity contribution in [2.24, 2.45) is 0 Å². The van der Waals surface area contributed by atoms with Gasteiger partial charge in [-0.3, -0.25) is 0 Å². The average molecular weight is 466 g/mol. The minimum Gasteiger partial charge on any atom is -0.353 e. The van der Waals surface area contributed by atoms with Crippen molar-refractivity contribution in [3.05, 3.63) is 94.9 Å². The van der Waals surface area contributed by atoms with E-state index < -0.39 is 0 Å². The number of rotatable bonds is 4. The highest BCUT2D eigenvalue weighted by atomic mass is 16.2. The van der Waals surface area contributed by atoms with Crippen molar-refractivity contribution in [3.8, 4) is 0 Å². The summed E-state index contributed by atoms with van der Waals surface area (Å²) >= 11 is 0. The van der Waals surface area contributed by atoms with Crippen LogP contribution in [0.2, 0.25) is 0 Å². The van der Waals surface area contributed by atoms with Crippen LogP contribution in [0.4, 0.5) is 16.3 Å². The number of hydrogen-bond acceptors (Lipinski definition) is 4. The molecule has 4 aromatic rings. The minimum atomic E-state index is -0.0592. The first-order chi connectivity index (χ1) is 17.0. The van der Waals surface area contributed by atoms with Gasteiger partial charge in [0.05, 0.1) is 5.69 Å². The Morgan fingerprint density at radius 2 is 1.63 bits per heavy atom. The number of aryl methyl sites for hydroxylation is 3. The van der Waals surface area contributed by atoms with Gasteiger partial charge in [0.2, 0.25) is 0 Å². The highest BCUT2D eigenvalue weighted by Crippen LogP contribution is 2.26. The molecule has 0 atom stereocenters. The molecule has 0 spiro atoms. The summed E-state index contributed by atoms with van der Waals surface area (Å²) in [5, 5.41) is 5.29. The van der Waals surface area contributed by atoms with Gasteiger partial charge in [0, 0.05) is 49.2 Å². The number of anilines is 2. The van der Waals surface area contributed by atoms with Crippen molar-refractivity contribution in [3.63, 3.8) is 0 Å². The Morgan fingerprint density at radius 3 is 2.43 bits per heavy atom. The number of nitrogens with zero attached hydrogens (tertiary/aromatic N) is 4. The average Bonchev–Trinajstić information content (AvgIpc) is 2.86. The van der Waals surface area contributed by atoms with Crippen LogP contribution in [0.3, 0.4) is 0 Å². The molecule has 178 valence electrons. The molecule has 5 rings (SSSR count). The zero-order chi connectivity index (χ0) is 24.4. The summed E-state index contributed by atoms with van der Waals surface area (Å²) in [6.07, 6.45) is 0.797. The molecule has 1 fully saturated rings. The molecule has 3 aromatic carbocycles. The lowest BCUT2D eigenvalue weighted by Gasteiger charge is -2.36. The number of carbonyl (C=O) groups is 1. The SMILES string of the molecule is Cc1cccc(Cc2c(C)nc(C)nc2N2CCN(C(=O)Nc3cccc4ccccc34)CC2)c1. The Kier molecular flexibility index (Phi) is 6.36. The van der Waals surface area contributed by atoms with Crippen LogP contribution < -0.4 is 10.2 Å². The van der Waals surface area contributed by atoms with E-state index in [9.17, 15) is 4.79 Å². The fourth-order valence-electron chi connectivity index (χ4n) is 4.86. The van der Waals surface area contributed by atoms with Gasteiger partial charge in [-0.05, 0) is 37.8 Å². The molecule has 0 unspecified atom stereocenters. The number of benzene rings is 3. The Balaban J connectivity index is 1.30. The van der Waals surface area contributed by atoms with Gasteiger partial charge in [-0.25, -0.2) is 14.8 Å². The van der Waals surface area contributed by atoms with Crippen LogP contribution in [-0.2, 0) is 6.42 Å². The normalized spacial score (nSPS) is 13.8. The molecule has 1 aromatic heterocycles. The second-order valence-corrected chi connectivity index (χ2v) is 9.26. The second-order valence-electron chi connectivity index (χ2n) is 9.26. The second kappa shape index (κ2) is 9.74. The Morgan fingerprint density at radius 1 is 0.886 bits per heavy atom. The van der Waals surface area contributed by atoms with Crippen molar-refractivity contribution in [2.45, 2.75) is 27.2 Å². The van der Waals surface area contributed by atoms with E-state index in [0.29, 0.717) is 13.1 Å². The Labute approximate surface area is 206 Å². The first kappa shape index (κ1) is 22.8. The summed E-state index contributed by atoms with van der Waals surface area (Å²) in [5.41, 5.74) is 5.54. The van der Waals surface area contributed by atoms with E-state index >= 15 is 0 Å². The number of nitrogens with one attached hydrogen (secondary N) is 1. The predicted molar refractivity (Wildman–Crippen MR) is 142 cm³/mol. The topological polar surface area (TPSA) is 61.4 Å². The highest BCUT2D eigenvalue weighted by molar-refractivity contribution is 6.01. The van der Waals surface area contributed by atoms with E-state index in [1.807, 2.05) is 42.2 Å². The Hall–Kier alpha value is -3.93. The maximum Gasteiger partial charge on any atom is 0.321 e. The molecule has 1 aliphatic rings. The van der Waals surface area contributed by atoms with Gasteiger partial charge in [-0.15, -0.1) is 0 Å². The third kappa shape index (κ3) is 4.97. The molecule has 0 bridgehead atoms. The molecule has 1 aliphatic heterocycles.